The molecule has 0 heterocycles. The molecule has 0 N–H and O–H groups in total. The number of hydrazone groups is 1. The zero-order valence-electron chi connectivity index (χ0n) is 15.2. The van der Waals surface area contributed by atoms with E-state index in [4.69, 9.17) is 14.3 Å². The van der Waals surface area contributed by atoms with Gasteiger partial charge in [0.1, 0.15) is 6.61 Å². The molecular weight excluding hydrogens is 312 g/mol. The SMILES string of the molecule is CCOC(=O)COCC1CCC(CN(N=C=O)OC(C)(C)C)CC1. The summed E-state index contributed by atoms with van der Waals surface area (Å²) in [6, 6.07) is 0. The molecular formula is C17H30N2O5. The zero-order chi connectivity index (χ0) is 18.0. The number of rotatable bonds is 9. The van der Waals surface area contributed by atoms with Gasteiger partial charge in [-0.05, 0) is 65.2 Å². The van der Waals surface area contributed by atoms with Crippen LogP contribution in [0.4, 0.5) is 0 Å². The van der Waals surface area contributed by atoms with E-state index in [-0.39, 0.29) is 12.6 Å². The van der Waals surface area contributed by atoms with Gasteiger partial charge in [0.05, 0.1) is 25.4 Å². The number of ether oxygens (including phenoxy) is 2. The second-order valence-electron chi connectivity index (χ2n) is 7.14. The summed E-state index contributed by atoms with van der Waals surface area (Å²) in [5.41, 5.74) is -0.404. The van der Waals surface area contributed by atoms with Crippen molar-refractivity contribution < 1.29 is 23.9 Å². The van der Waals surface area contributed by atoms with Crippen molar-refractivity contribution in [3.63, 3.8) is 0 Å². The van der Waals surface area contributed by atoms with Crippen LogP contribution < -0.4 is 0 Å². The lowest BCUT2D eigenvalue weighted by Crippen LogP contribution is -2.35. The van der Waals surface area contributed by atoms with Crippen LogP contribution in [0.2, 0.25) is 0 Å². The van der Waals surface area contributed by atoms with Crippen LogP contribution in [-0.2, 0) is 23.9 Å². The molecule has 1 fully saturated rings. The van der Waals surface area contributed by atoms with E-state index in [2.05, 4.69) is 5.10 Å². The Hall–Kier alpha value is -1.43. The Labute approximate surface area is 144 Å². The van der Waals surface area contributed by atoms with Crippen LogP contribution in [0.1, 0.15) is 53.4 Å². The van der Waals surface area contributed by atoms with Gasteiger partial charge in [-0.2, -0.15) is 5.17 Å². The third-order valence-electron chi connectivity index (χ3n) is 3.79. The molecule has 138 valence electrons. The average Bonchev–Trinajstić information content (AvgIpc) is 2.48. The minimum Gasteiger partial charge on any atom is -0.464 e. The number of nitrogens with zero attached hydrogens (tertiary/aromatic N) is 2. The Balaban J connectivity index is 2.29. The van der Waals surface area contributed by atoms with Crippen molar-refractivity contribution in [3.05, 3.63) is 0 Å². The molecule has 1 aliphatic rings. The van der Waals surface area contributed by atoms with Crippen molar-refractivity contribution >= 4 is 12.0 Å². The maximum absolute atomic E-state index is 11.2. The number of hydrogen-bond donors (Lipinski definition) is 0. The standard InChI is InChI=1S/C17H30N2O5/c1-5-23-16(21)12-22-11-15-8-6-14(7-9-15)10-19(18-13-20)24-17(2,3)4/h14-15H,5-12H2,1-4H3. The lowest BCUT2D eigenvalue weighted by Gasteiger charge is -2.32. The van der Waals surface area contributed by atoms with E-state index in [1.165, 1.54) is 5.17 Å². The largest absolute Gasteiger partial charge is 0.464 e. The molecule has 0 radical (unpaired) electrons. The summed E-state index contributed by atoms with van der Waals surface area (Å²) in [6.45, 7) is 9.09. The third-order valence-corrected chi connectivity index (χ3v) is 3.79. The van der Waals surface area contributed by atoms with Crippen LogP contribution in [-0.4, -0.2) is 49.2 Å². The fourth-order valence-corrected chi connectivity index (χ4v) is 2.77. The average molecular weight is 342 g/mol. The Morgan fingerprint density at radius 3 is 2.38 bits per heavy atom. The van der Waals surface area contributed by atoms with Crippen LogP contribution in [0.15, 0.2) is 5.10 Å². The van der Waals surface area contributed by atoms with Gasteiger partial charge in [-0.3, -0.25) is 4.84 Å². The Morgan fingerprint density at radius 2 is 1.83 bits per heavy atom. The van der Waals surface area contributed by atoms with E-state index in [9.17, 15) is 9.59 Å². The normalized spacial score (nSPS) is 21.0. The summed E-state index contributed by atoms with van der Waals surface area (Å²) in [5.74, 6) is 0.570. The van der Waals surface area contributed by atoms with Gasteiger partial charge >= 0.3 is 5.97 Å². The van der Waals surface area contributed by atoms with Gasteiger partial charge in [0.25, 0.3) is 6.08 Å². The number of esters is 1. The molecule has 0 atom stereocenters. The molecule has 0 aromatic rings. The van der Waals surface area contributed by atoms with Crippen molar-refractivity contribution in [2.45, 2.75) is 59.0 Å². The monoisotopic (exact) mass is 342 g/mol. The van der Waals surface area contributed by atoms with Crippen molar-refractivity contribution in [1.82, 2.24) is 5.17 Å². The molecule has 24 heavy (non-hydrogen) atoms. The minimum atomic E-state index is -0.404. The highest BCUT2D eigenvalue weighted by atomic mass is 16.7. The van der Waals surface area contributed by atoms with Gasteiger partial charge < -0.3 is 9.47 Å². The summed E-state index contributed by atoms with van der Waals surface area (Å²) < 4.78 is 10.3. The number of hydroxylamine groups is 1. The molecule has 0 unspecified atom stereocenters. The number of carbonyl (C=O) groups excluding carboxylic acids is 2. The molecule has 0 spiro atoms. The van der Waals surface area contributed by atoms with Crippen LogP contribution in [0.5, 0.6) is 0 Å². The van der Waals surface area contributed by atoms with E-state index in [1.807, 2.05) is 20.8 Å². The molecule has 1 saturated carbocycles. The minimum absolute atomic E-state index is 0.0228. The van der Waals surface area contributed by atoms with E-state index >= 15 is 0 Å². The van der Waals surface area contributed by atoms with E-state index in [0.717, 1.165) is 25.7 Å². The van der Waals surface area contributed by atoms with Gasteiger partial charge in [0.2, 0.25) is 0 Å². The molecule has 0 aromatic heterocycles. The molecule has 7 heteroatoms. The van der Waals surface area contributed by atoms with Crippen molar-refractivity contribution in [2.75, 3.05) is 26.4 Å². The van der Waals surface area contributed by atoms with Gasteiger partial charge in [-0.25, -0.2) is 9.59 Å². The Bertz CT molecular complexity index is 421. The first kappa shape index (κ1) is 20.6. The lowest BCUT2D eigenvalue weighted by atomic mass is 9.82. The quantitative estimate of drug-likeness (QED) is 0.277. The third kappa shape index (κ3) is 9.01. The summed E-state index contributed by atoms with van der Waals surface area (Å²) >= 11 is 0. The Kier molecular flexibility index (Phi) is 8.97. The van der Waals surface area contributed by atoms with Gasteiger partial charge in [-0.15, -0.1) is 0 Å². The van der Waals surface area contributed by atoms with Crippen molar-refractivity contribution in [1.29, 1.82) is 0 Å². The van der Waals surface area contributed by atoms with Gasteiger partial charge in [0, 0.05) is 0 Å². The fraction of sp³-hybridized carbons (Fsp3) is 0.882. The second kappa shape index (κ2) is 10.4. The van der Waals surface area contributed by atoms with Crippen LogP contribution in [0.3, 0.4) is 0 Å². The molecule has 1 rings (SSSR count). The van der Waals surface area contributed by atoms with E-state index < -0.39 is 5.60 Å². The predicted octanol–water partition coefficient (Wildman–Crippen LogP) is 2.66. The van der Waals surface area contributed by atoms with Gasteiger partial charge in [-0.1, -0.05) is 5.10 Å². The molecule has 0 amide bonds. The first-order chi connectivity index (χ1) is 11.3. The number of hydrogen-bond acceptors (Lipinski definition) is 7. The highest BCUT2D eigenvalue weighted by Gasteiger charge is 2.25. The maximum Gasteiger partial charge on any atom is 0.332 e. The molecule has 7 nitrogen and oxygen atoms in total. The van der Waals surface area contributed by atoms with Gasteiger partial charge in [0.15, 0.2) is 0 Å². The van der Waals surface area contributed by atoms with E-state index in [1.54, 1.807) is 13.0 Å². The smallest absolute Gasteiger partial charge is 0.332 e. The summed E-state index contributed by atoms with van der Waals surface area (Å²) in [7, 11) is 0. The summed E-state index contributed by atoms with van der Waals surface area (Å²) in [5, 5.41) is 4.99. The maximum atomic E-state index is 11.2. The molecule has 0 aromatic carbocycles. The van der Waals surface area contributed by atoms with Crippen LogP contribution in [0.25, 0.3) is 0 Å². The highest BCUT2D eigenvalue weighted by Crippen LogP contribution is 2.30. The first-order valence-corrected chi connectivity index (χ1v) is 8.62. The predicted molar refractivity (Wildman–Crippen MR) is 88.6 cm³/mol. The molecule has 0 saturated heterocycles. The Morgan fingerprint density at radius 1 is 1.21 bits per heavy atom. The van der Waals surface area contributed by atoms with Crippen molar-refractivity contribution in [3.8, 4) is 0 Å². The molecule has 0 aliphatic heterocycles. The first-order valence-electron chi connectivity index (χ1n) is 8.62. The summed E-state index contributed by atoms with van der Waals surface area (Å²) in [6.07, 6.45) is 5.65. The van der Waals surface area contributed by atoms with E-state index in [0.29, 0.717) is 31.6 Å². The number of isocyanates is 1. The molecule has 1 aliphatic carbocycles. The molecule has 0 bridgehead atoms. The summed E-state index contributed by atoms with van der Waals surface area (Å²) in [4.78, 5) is 27.4. The second-order valence-corrected chi connectivity index (χ2v) is 7.14. The van der Waals surface area contributed by atoms with Crippen LogP contribution >= 0.6 is 0 Å². The zero-order valence-corrected chi connectivity index (χ0v) is 15.2. The highest BCUT2D eigenvalue weighted by molar-refractivity contribution is 5.70. The fourth-order valence-electron chi connectivity index (χ4n) is 2.77. The van der Waals surface area contributed by atoms with Crippen LogP contribution in [0, 0.1) is 11.8 Å². The topological polar surface area (TPSA) is 77.4 Å². The van der Waals surface area contributed by atoms with Crippen molar-refractivity contribution in [2.24, 2.45) is 16.9 Å². The lowest BCUT2D eigenvalue weighted by molar-refractivity contribution is -0.235. The number of carbonyl (C=O) groups is 1.